The van der Waals surface area contributed by atoms with Gasteiger partial charge in [-0.15, -0.1) is 0 Å². The number of phosphoric ester groups is 1. The highest BCUT2D eigenvalue weighted by Crippen LogP contribution is 2.66. The molecule has 27 nitrogen and oxygen atoms in total. The molecule has 7 rings (SSSR count). The number of carboxylic acids is 1. The lowest BCUT2D eigenvalue weighted by atomic mass is 9.89. The van der Waals surface area contributed by atoms with E-state index in [4.69, 9.17) is 29.4 Å². The summed E-state index contributed by atoms with van der Waals surface area (Å²) < 4.78 is 57.5. The van der Waals surface area contributed by atoms with E-state index in [9.17, 15) is 48.3 Å². The number of carbonyl (C=O) groups is 3. The zero-order valence-corrected chi connectivity index (χ0v) is 39.8. The highest BCUT2D eigenvalue weighted by molar-refractivity contribution is 8.08. The van der Waals surface area contributed by atoms with Crippen molar-refractivity contribution in [2.75, 3.05) is 58.5 Å². The van der Waals surface area contributed by atoms with Crippen molar-refractivity contribution in [1.29, 1.82) is 0 Å². The number of fused-ring (bicyclic) bond motifs is 3. The first-order chi connectivity index (χ1) is 32.3. The van der Waals surface area contributed by atoms with E-state index in [1.807, 2.05) is 74.1 Å². The molecule has 0 saturated carbocycles. The number of aromatic amines is 1. The lowest BCUT2D eigenvalue weighted by molar-refractivity contribution is -0.0522. The second-order valence-electron chi connectivity index (χ2n) is 15.5. The number of hydrogen-bond acceptors (Lipinski definition) is 18. The van der Waals surface area contributed by atoms with Gasteiger partial charge in [-0.3, -0.25) is 23.7 Å². The Balaban J connectivity index is 1.06. The predicted octanol–water partition coefficient (Wildman–Crippen LogP) is 1.26. The van der Waals surface area contributed by atoms with Gasteiger partial charge in [-0.05, 0) is 47.7 Å². The number of nitrogens with one attached hydrogen (secondary N) is 3. The molecule has 368 valence electrons. The summed E-state index contributed by atoms with van der Waals surface area (Å²) in [5.74, 6) is -1.88. The summed E-state index contributed by atoms with van der Waals surface area (Å²) in [5, 5.41) is 28.1. The van der Waals surface area contributed by atoms with E-state index in [1.54, 1.807) is 0 Å². The molecule has 1 aliphatic carbocycles. The molecule has 4 heterocycles. The standard InChI is InChI=1S/C38H42N9O18P3S/c1-45(2)19-6-9-22-25(14-19)61-26-15-20(46(3)4)7-10-23(26)28(22)21-8-5-18(13-24(21)36(51)52)33(49)40-11-12-41-38(53)63-31-30(48)27(16-60-66(54,55)64-67(56,57)65-68(58,59)69)62-35(31)47-17-42-29-32(47)43-37(39)44-34(29)50/h5-10,13-15,17,27,30-31,35,48H,11-12,16H2,1-4H3,(H9-,39,40,41,43,44,49,50,51,52,53,54,55,56,57,58,59,69)/p+1/t27-,30-,31-,35-/m1/s1. The Labute approximate surface area is 393 Å². The second-order valence-corrected chi connectivity index (χ2v) is 21.3. The number of carbonyl (C=O) groups excluding carboxylic acids is 2. The van der Waals surface area contributed by atoms with Gasteiger partial charge in [0.2, 0.25) is 11.3 Å². The van der Waals surface area contributed by atoms with Crippen LogP contribution in [0.4, 0.5) is 16.4 Å². The molecule has 0 bridgehead atoms. The summed E-state index contributed by atoms with van der Waals surface area (Å²) in [6, 6.07) is 15.3. The van der Waals surface area contributed by atoms with E-state index in [0.29, 0.717) is 33.4 Å². The van der Waals surface area contributed by atoms with Crippen LogP contribution in [-0.2, 0) is 43.6 Å². The first kappa shape index (κ1) is 50.9. The minimum atomic E-state index is -5.71. The third-order valence-corrected chi connectivity index (χ3v) is 14.7. The molecule has 69 heavy (non-hydrogen) atoms. The molecule has 2 aliphatic heterocycles. The molecule has 4 aromatic rings. The number of anilines is 2. The van der Waals surface area contributed by atoms with E-state index in [0.717, 1.165) is 21.9 Å². The summed E-state index contributed by atoms with van der Waals surface area (Å²) >= 11 is 4.06. The number of nitrogen functional groups attached to an aromatic ring is 1. The minimum absolute atomic E-state index is 0.0235. The van der Waals surface area contributed by atoms with Gasteiger partial charge in [0.25, 0.3) is 11.5 Å². The number of aliphatic hydroxyl groups excluding tert-OH is 1. The van der Waals surface area contributed by atoms with Gasteiger partial charge in [-0.1, -0.05) is 6.07 Å². The molecule has 0 spiro atoms. The summed E-state index contributed by atoms with van der Waals surface area (Å²) in [4.78, 5) is 102. The first-order valence-corrected chi connectivity index (χ1v) is 25.6. The monoisotopic (exact) mass is 1040 g/mol. The van der Waals surface area contributed by atoms with Gasteiger partial charge < -0.3 is 64.9 Å². The molecule has 11 N–H and O–H groups in total. The zero-order valence-electron chi connectivity index (χ0n) is 36.3. The minimum Gasteiger partial charge on any atom is -0.478 e. The SMILES string of the molecule is CN(C)c1ccc2c(-c3ccc(C(=O)NCCNC(=O)O[C@@H]4[C@H](O)[C@@H](COP(=O)(O)OP(=O)(O)OP(O)(O)=S)O[C@H]4n4cnc5c(=O)[nH]c(N)nc54)cc3C(=O)O)c3ccc(=[N+](C)C)cc-3oc2c1. The van der Waals surface area contributed by atoms with Crippen molar-refractivity contribution in [3.8, 4) is 22.5 Å². The Hall–Kier alpha value is -5.96. The van der Waals surface area contributed by atoms with E-state index in [2.05, 4.69) is 50.5 Å². The van der Waals surface area contributed by atoms with Crippen LogP contribution < -0.4 is 36.8 Å². The number of aliphatic hydroxyl groups is 1. The molecule has 2 amide bonds. The highest BCUT2D eigenvalue weighted by Gasteiger charge is 2.49. The summed E-state index contributed by atoms with van der Waals surface area (Å²) in [5.41, 5.74) is 7.11. The van der Waals surface area contributed by atoms with Crippen LogP contribution in [0.15, 0.2) is 70.1 Å². The fourth-order valence-electron chi connectivity index (χ4n) is 7.21. The van der Waals surface area contributed by atoms with E-state index >= 15 is 0 Å². The Kier molecular flexibility index (Phi) is 14.6. The Morgan fingerprint density at radius 2 is 1.70 bits per heavy atom. The number of amides is 2. The number of H-pyrrole nitrogens is 1. The van der Waals surface area contributed by atoms with Gasteiger partial charge in [0.05, 0.1) is 24.6 Å². The third kappa shape index (κ3) is 11.6. The number of rotatable bonds is 16. The van der Waals surface area contributed by atoms with E-state index in [1.165, 1.54) is 18.2 Å². The molecular formula is C38H43N9O18P3S+. The van der Waals surface area contributed by atoms with Crippen molar-refractivity contribution in [3.63, 3.8) is 0 Å². The number of nitrogens with zero attached hydrogens (tertiary/aromatic N) is 5. The predicted molar refractivity (Wildman–Crippen MR) is 246 cm³/mol. The fraction of sp³-hybridized carbons (Fsp3) is 0.289. The molecule has 2 aromatic heterocycles. The van der Waals surface area contributed by atoms with Crippen LogP contribution in [0, 0.1) is 0 Å². The summed E-state index contributed by atoms with van der Waals surface area (Å²) in [7, 11) is -3.82. The molecule has 1 fully saturated rings. The van der Waals surface area contributed by atoms with Crippen LogP contribution in [0.2, 0.25) is 0 Å². The van der Waals surface area contributed by atoms with Crippen molar-refractivity contribution in [1.82, 2.24) is 34.7 Å². The average Bonchev–Trinajstić information content (AvgIpc) is 3.81. The Bertz CT molecular complexity index is 3260. The lowest BCUT2D eigenvalue weighted by Gasteiger charge is -2.22. The van der Waals surface area contributed by atoms with Crippen LogP contribution in [-0.4, -0.2) is 133 Å². The quantitative estimate of drug-likeness (QED) is 0.0282. The summed E-state index contributed by atoms with van der Waals surface area (Å²) in [6.07, 6.45) is -7.20. The maximum absolute atomic E-state index is 13.4. The first-order valence-electron chi connectivity index (χ1n) is 19.9. The van der Waals surface area contributed by atoms with Crippen LogP contribution in [0.25, 0.3) is 44.6 Å². The van der Waals surface area contributed by atoms with Crippen LogP contribution in [0.3, 0.4) is 0 Å². The molecule has 6 atom stereocenters. The third-order valence-electron chi connectivity index (χ3n) is 10.3. The van der Waals surface area contributed by atoms with Crippen molar-refractivity contribution in [2.24, 2.45) is 0 Å². The second kappa shape index (κ2) is 19.8. The molecule has 1 saturated heterocycles. The van der Waals surface area contributed by atoms with E-state index < -0.39 is 77.0 Å². The van der Waals surface area contributed by atoms with Gasteiger partial charge >= 0.3 is 34.4 Å². The molecular weight excluding hydrogens is 995 g/mol. The molecule has 0 radical (unpaired) electrons. The number of alkyl carbamates (subject to hydrolysis) is 1. The molecule has 31 heteroatoms. The van der Waals surface area contributed by atoms with Gasteiger partial charge in [0.1, 0.15) is 37.6 Å². The smallest absolute Gasteiger partial charge is 0.478 e. The normalized spacial score (nSPS) is 19.0. The fourth-order valence-corrected chi connectivity index (χ4v) is 11.0. The maximum atomic E-state index is 13.4. The average molecular weight is 1040 g/mol. The van der Waals surface area contributed by atoms with Crippen molar-refractivity contribution >= 4 is 85.9 Å². The summed E-state index contributed by atoms with van der Waals surface area (Å²) in [6.45, 7) is -6.53. The number of benzene rings is 3. The number of nitrogens with two attached hydrogens (primary N) is 1. The topological polar surface area (TPSA) is 386 Å². The number of aromatic carboxylic acids is 1. The lowest BCUT2D eigenvalue weighted by Crippen LogP contribution is -2.41. The van der Waals surface area contributed by atoms with Crippen LogP contribution in [0.1, 0.15) is 26.9 Å². The number of aromatic nitrogens is 4. The number of carboxylic acid groups (broad SMARTS) is 1. The van der Waals surface area contributed by atoms with Gasteiger partial charge in [0.15, 0.2) is 23.5 Å². The maximum Gasteiger partial charge on any atom is 0.488 e. The number of imidazole rings is 1. The van der Waals surface area contributed by atoms with Gasteiger partial charge in [0, 0.05) is 67.1 Å². The van der Waals surface area contributed by atoms with E-state index in [-0.39, 0.29) is 41.3 Å². The molecule has 2 aromatic carbocycles. The Morgan fingerprint density at radius 1 is 0.986 bits per heavy atom. The van der Waals surface area contributed by atoms with Crippen molar-refractivity contribution in [2.45, 2.75) is 24.5 Å². The molecule has 3 aliphatic rings. The van der Waals surface area contributed by atoms with Crippen molar-refractivity contribution in [3.05, 3.63) is 87.8 Å². The zero-order chi connectivity index (χ0) is 50.3. The Morgan fingerprint density at radius 3 is 2.38 bits per heavy atom. The number of phosphoric acid groups is 2. The van der Waals surface area contributed by atoms with Crippen LogP contribution >= 0.6 is 22.4 Å². The highest BCUT2D eigenvalue weighted by atomic mass is 32.5. The number of hydrogen-bond donors (Lipinski definition) is 10. The van der Waals surface area contributed by atoms with Gasteiger partial charge in [-0.25, -0.2) is 32.6 Å². The molecule has 2 unspecified atom stereocenters. The van der Waals surface area contributed by atoms with Crippen molar-refractivity contribution < 1.29 is 80.3 Å². The largest absolute Gasteiger partial charge is 0.488 e. The number of ether oxygens (including phenoxy) is 2. The van der Waals surface area contributed by atoms with Gasteiger partial charge in [-0.2, -0.15) is 9.29 Å². The van der Waals surface area contributed by atoms with Crippen LogP contribution in [0.5, 0.6) is 0 Å².